The van der Waals surface area contributed by atoms with Gasteiger partial charge in [0.25, 0.3) is 5.56 Å². The second kappa shape index (κ2) is 8.62. The maximum Gasteiger partial charge on any atom is 0.271 e. The predicted molar refractivity (Wildman–Crippen MR) is 127 cm³/mol. The molecule has 2 heterocycles. The maximum absolute atomic E-state index is 13.5. The molecule has 7 heteroatoms. The van der Waals surface area contributed by atoms with Crippen LogP contribution >= 0.6 is 22.9 Å². The summed E-state index contributed by atoms with van der Waals surface area (Å²) in [6.45, 7) is 3.58. The Bertz CT molecular complexity index is 1460. The van der Waals surface area contributed by atoms with Crippen LogP contribution in [0.15, 0.2) is 53.3 Å². The molecule has 0 spiro atoms. The Labute approximate surface area is 193 Å². The molecule has 0 aliphatic rings. The van der Waals surface area contributed by atoms with Gasteiger partial charge in [0.05, 0.1) is 15.5 Å². The quantitative estimate of drug-likeness (QED) is 0.403. The lowest BCUT2D eigenvalue weighted by Crippen LogP contribution is -2.27. The molecule has 4 rings (SSSR count). The van der Waals surface area contributed by atoms with E-state index in [0.29, 0.717) is 11.4 Å². The summed E-state index contributed by atoms with van der Waals surface area (Å²) in [4.78, 5) is 26.6. The number of carbonyl (C=O) groups excluding carboxylic acids is 1. The number of benzene rings is 2. The Morgan fingerprint density at radius 3 is 2.59 bits per heavy atom. The minimum Gasteiger partial charge on any atom is -0.494 e. The van der Waals surface area contributed by atoms with Crippen molar-refractivity contribution in [2.75, 3.05) is 0 Å². The molecule has 0 saturated heterocycles. The minimum absolute atomic E-state index is 0.0700. The molecule has 0 fully saturated rings. The number of nitriles is 1. The van der Waals surface area contributed by atoms with Gasteiger partial charge in [0, 0.05) is 16.6 Å². The van der Waals surface area contributed by atoms with Crippen LogP contribution in [0, 0.1) is 25.2 Å². The van der Waals surface area contributed by atoms with Gasteiger partial charge in [-0.2, -0.15) is 5.26 Å². The van der Waals surface area contributed by atoms with Gasteiger partial charge in [-0.25, -0.2) is 0 Å². The SMILES string of the molecule is Cc1ccc2c(Cl)c(C(=O)c3c(C)c(C#N)c(=O)n(CCc4ccccc4)c3O)sc2c1. The third-order valence-electron chi connectivity index (χ3n) is 5.49. The molecule has 4 aromatic rings. The highest BCUT2D eigenvalue weighted by atomic mass is 35.5. The monoisotopic (exact) mass is 462 g/mol. The molecular weight excluding hydrogens is 444 g/mol. The summed E-state index contributed by atoms with van der Waals surface area (Å²) in [6.07, 6.45) is 0.457. The first kappa shape index (κ1) is 21.8. The lowest BCUT2D eigenvalue weighted by Gasteiger charge is -2.15. The Kier molecular flexibility index (Phi) is 5.88. The molecule has 0 saturated carbocycles. The van der Waals surface area contributed by atoms with Crippen LogP contribution in [0.2, 0.25) is 5.02 Å². The Morgan fingerprint density at radius 1 is 1.19 bits per heavy atom. The van der Waals surface area contributed by atoms with Gasteiger partial charge >= 0.3 is 0 Å². The van der Waals surface area contributed by atoms with E-state index >= 15 is 0 Å². The van der Waals surface area contributed by atoms with E-state index in [1.165, 1.54) is 18.3 Å². The van der Waals surface area contributed by atoms with Crippen LogP contribution in [0.5, 0.6) is 5.88 Å². The fourth-order valence-electron chi connectivity index (χ4n) is 3.75. The van der Waals surface area contributed by atoms with Crippen molar-refractivity contribution in [3.8, 4) is 11.9 Å². The largest absolute Gasteiger partial charge is 0.494 e. The van der Waals surface area contributed by atoms with E-state index in [1.54, 1.807) is 0 Å². The van der Waals surface area contributed by atoms with Crippen molar-refractivity contribution in [3.05, 3.63) is 96.6 Å². The maximum atomic E-state index is 13.5. The molecular formula is C25H19ClN2O3S. The normalized spacial score (nSPS) is 10.9. The number of fused-ring (bicyclic) bond motifs is 1. The molecule has 5 nitrogen and oxygen atoms in total. The Hall–Kier alpha value is -3.40. The van der Waals surface area contributed by atoms with E-state index in [1.807, 2.05) is 61.5 Å². The zero-order valence-electron chi connectivity index (χ0n) is 17.5. The predicted octanol–water partition coefficient (Wildman–Crippen LogP) is 5.38. The molecule has 0 atom stereocenters. The van der Waals surface area contributed by atoms with Crippen LogP contribution in [0.3, 0.4) is 0 Å². The van der Waals surface area contributed by atoms with Gasteiger partial charge in [-0.1, -0.05) is 54.1 Å². The molecule has 0 bridgehead atoms. The summed E-state index contributed by atoms with van der Waals surface area (Å²) >= 11 is 7.75. The van der Waals surface area contributed by atoms with Crippen molar-refractivity contribution in [2.24, 2.45) is 0 Å². The highest BCUT2D eigenvalue weighted by Crippen LogP contribution is 2.38. The van der Waals surface area contributed by atoms with Gasteiger partial charge in [-0.15, -0.1) is 11.3 Å². The summed E-state index contributed by atoms with van der Waals surface area (Å²) in [6, 6.07) is 17.1. The number of aromatic hydroxyl groups is 1. The lowest BCUT2D eigenvalue weighted by molar-refractivity contribution is 0.103. The van der Waals surface area contributed by atoms with Crippen LogP contribution in [0.1, 0.15) is 37.5 Å². The molecule has 0 aliphatic carbocycles. The second-order valence-corrected chi connectivity index (χ2v) is 9.01. The number of ketones is 1. The summed E-state index contributed by atoms with van der Waals surface area (Å²) < 4.78 is 1.95. The number of aryl methyl sites for hydroxylation is 2. The van der Waals surface area contributed by atoms with Crippen LogP contribution < -0.4 is 5.56 Å². The number of hydrogen-bond donors (Lipinski definition) is 1. The smallest absolute Gasteiger partial charge is 0.271 e. The third kappa shape index (κ3) is 3.70. The Morgan fingerprint density at radius 2 is 1.91 bits per heavy atom. The first-order chi connectivity index (χ1) is 15.3. The van der Waals surface area contributed by atoms with Crippen LogP contribution in [-0.2, 0) is 13.0 Å². The Balaban J connectivity index is 1.85. The van der Waals surface area contributed by atoms with Crippen molar-refractivity contribution < 1.29 is 9.90 Å². The number of thiophene rings is 1. The van der Waals surface area contributed by atoms with Gasteiger partial charge in [0.15, 0.2) is 0 Å². The van der Waals surface area contributed by atoms with E-state index < -0.39 is 17.2 Å². The van der Waals surface area contributed by atoms with E-state index in [9.17, 15) is 20.0 Å². The number of pyridine rings is 1. The summed E-state index contributed by atoms with van der Waals surface area (Å²) in [7, 11) is 0. The molecule has 160 valence electrons. The van der Waals surface area contributed by atoms with Gasteiger partial charge in [0.2, 0.25) is 11.7 Å². The van der Waals surface area contributed by atoms with E-state index in [2.05, 4.69) is 0 Å². The van der Waals surface area contributed by atoms with Crippen LogP contribution in [0.25, 0.3) is 10.1 Å². The fraction of sp³-hybridized carbons (Fsp3) is 0.160. The number of rotatable bonds is 5. The van der Waals surface area contributed by atoms with Gasteiger partial charge in [-0.3, -0.25) is 14.2 Å². The second-order valence-electron chi connectivity index (χ2n) is 7.58. The van der Waals surface area contributed by atoms with E-state index in [0.717, 1.165) is 25.8 Å². The minimum atomic E-state index is -0.618. The van der Waals surface area contributed by atoms with Gasteiger partial charge in [-0.05, 0) is 43.0 Å². The molecule has 32 heavy (non-hydrogen) atoms. The average Bonchev–Trinajstić information content (AvgIpc) is 3.10. The van der Waals surface area contributed by atoms with Crippen molar-refractivity contribution in [3.63, 3.8) is 0 Å². The number of hydrogen-bond acceptors (Lipinski definition) is 5. The molecule has 0 unspecified atom stereocenters. The molecule has 1 N–H and O–H groups in total. The molecule has 0 radical (unpaired) electrons. The topological polar surface area (TPSA) is 83.1 Å². The number of aromatic nitrogens is 1. The fourth-order valence-corrected chi connectivity index (χ4v) is 5.31. The molecule has 0 amide bonds. The van der Waals surface area contributed by atoms with Gasteiger partial charge < -0.3 is 5.11 Å². The summed E-state index contributed by atoms with van der Waals surface area (Å²) in [5, 5.41) is 21.6. The number of nitrogens with zero attached hydrogens (tertiary/aromatic N) is 2. The number of halogens is 1. The highest BCUT2D eigenvalue weighted by molar-refractivity contribution is 7.21. The first-order valence-electron chi connectivity index (χ1n) is 9.97. The highest BCUT2D eigenvalue weighted by Gasteiger charge is 2.28. The van der Waals surface area contributed by atoms with Crippen molar-refractivity contribution in [1.82, 2.24) is 4.57 Å². The average molecular weight is 463 g/mol. The van der Waals surface area contributed by atoms with Crippen LogP contribution in [-0.4, -0.2) is 15.5 Å². The number of carbonyl (C=O) groups is 1. The van der Waals surface area contributed by atoms with Crippen molar-refractivity contribution in [2.45, 2.75) is 26.8 Å². The summed E-state index contributed by atoms with van der Waals surface area (Å²) in [5.41, 5.74) is 1.31. The lowest BCUT2D eigenvalue weighted by atomic mass is 10.00. The van der Waals surface area contributed by atoms with Crippen molar-refractivity contribution >= 4 is 38.8 Å². The molecule has 2 aromatic heterocycles. The van der Waals surface area contributed by atoms with E-state index in [-0.39, 0.29) is 28.1 Å². The zero-order chi connectivity index (χ0) is 23.0. The summed E-state index contributed by atoms with van der Waals surface area (Å²) in [5.74, 6) is -0.953. The molecule has 0 aliphatic heterocycles. The molecule has 2 aromatic carbocycles. The zero-order valence-corrected chi connectivity index (χ0v) is 19.0. The van der Waals surface area contributed by atoms with Gasteiger partial charge in [0.1, 0.15) is 11.6 Å². The third-order valence-corrected chi connectivity index (χ3v) is 7.14. The van der Waals surface area contributed by atoms with Crippen LogP contribution in [0.4, 0.5) is 0 Å². The van der Waals surface area contributed by atoms with E-state index in [4.69, 9.17) is 11.6 Å². The first-order valence-corrected chi connectivity index (χ1v) is 11.2. The van der Waals surface area contributed by atoms with Crippen molar-refractivity contribution in [1.29, 1.82) is 5.26 Å². The standard InChI is InChI=1S/C25H19ClN2O3S/c1-14-8-9-17-19(12-14)32-23(21(17)26)22(29)20-15(2)18(13-27)24(30)28(25(20)31)11-10-16-6-4-3-5-7-16/h3-9,12,31H,10-11H2,1-2H3.